The topological polar surface area (TPSA) is 107 Å². The molecule has 0 saturated carbocycles. The van der Waals surface area contributed by atoms with Gasteiger partial charge in [-0.3, -0.25) is 14.4 Å². The van der Waals surface area contributed by atoms with Gasteiger partial charge in [-0.2, -0.15) is 0 Å². The van der Waals surface area contributed by atoms with Gasteiger partial charge in [-0.15, -0.1) is 0 Å². The molecule has 50 heavy (non-hydrogen) atoms. The van der Waals surface area contributed by atoms with Crippen LogP contribution < -0.4 is 33.6 Å². The van der Waals surface area contributed by atoms with Crippen molar-refractivity contribution in [3.8, 4) is 17.2 Å². The summed E-state index contributed by atoms with van der Waals surface area (Å²) in [5, 5.41) is 2.73. The van der Waals surface area contributed by atoms with Crippen LogP contribution in [0.2, 0.25) is 0 Å². The van der Waals surface area contributed by atoms with Crippen LogP contribution in [-0.4, -0.2) is 101 Å². The summed E-state index contributed by atoms with van der Waals surface area (Å²) in [6, 6.07) is 23.5. The Morgan fingerprint density at radius 3 is 1.60 bits per heavy atom. The summed E-state index contributed by atoms with van der Waals surface area (Å²) in [6.07, 6.45) is 2.60. The molecule has 1 N–H and O–H groups in total. The molecule has 0 aliphatic carbocycles. The number of amides is 3. The average molecular weight is 707 g/mol. The molecule has 1 unspecified atom stereocenters. The summed E-state index contributed by atoms with van der Waals surface area (Å²) in [5.41, 5.74) is 3.17. The number of carbonyl (C=O) groups excluding carboxylic acids is 3. The van der Waals surface area contributed by atoms with Gasteiger partial charge in [-0.1, -0.05) is 20.8 Å². The molecular weight excluding hydrogens is 655 g/mol. The Bertz CT molecular complexity index is 1450. The lowest BCUT2D eigenvalue weighted by Crippen LogP contribution is -2.48. The van der Waals surface area contributed by atoms with Gasteiger partial charge >= 0.3 is 8.60 Å². The molecule has 5 rings (SSSR count). The largest absolute Gasteiger partial charge is 0.530 e. The van der Waals surface area contributed by atoms with Crippen LogP contribution in [0.1, 0.15) is 34.1 Å². The molecule has 12 nitrogen and oxygen atoms in total. The zero-order chi connectivity index (χ0) is 35.7. The van der Waals surface area contributed by atoms with Gasteiger partial charge in [0.25, 0.3) is 0 Å². The van der Waals surface area contributed by atoms with Crippen molar-refractivity contribution >= 4 is 44.4 Å². The van der Waals surface area contributed by atoms with Crippen molar-refractivity contribution in [1.82, 2.24) is 15.1 Å². The van der Waals surface area contributed by atoms with Crippen molar-refractivity contribution in [2.24, 2.45) is 0 Å². The summed E-state index contributed by atoms with van der Waals surface area (Å²) >= 11 is 0. The van der Waals surface area contributed by atoms with E-state index in [-0.39, 0.29) is 5.91 Å². The number of nitrogens with one attached hydrogen (secondary N) is 1. The molecule has 0 radical (unpaired) electrons. The van der Waals surface area contributed by atoms with Crippen LogP contribution >= 0.6 is 8.60 Å². The van der Waals surface area contributed by atoms with Crippen molar-refractivity contribution < 1.29 is 28.0 Å². The first-order valence-electron chi connectivity index (χ1n) is 17.5. The van der Waals surface area contributed by atoms with E-state index in [9.17, 15) is 14.4 Å². The smallest absolute Gasteiger partial charge is 0.409 e. The van der Waals surface area contributed by atoms with Gasteiger partial charge in [-0.05, 0) is 79.2 Å². The lowest BCUT2D eigenvalue weighted by Gasteiger charge is -2.35. The second-order valence-corrected chi connectivity index (χ2v) is 12.7. The molecule has 3 aromatic rings. The third-order valence-electron chi connectivity index (χ3n) is 8.44. The maximum Gasteiger partial charge on any atom is 0.530 e. The van der Waals surface area contributed by atoms with Gasteiger partial charge in [0.1, 0.15) is 17.2 Å². The number of hydrogen-bond donors (Lipinski definition) is 1. The Hall–Kier alpha value is -4.70. The number of nitrogens with zero attached hydrogens (tertiary/aromatic N) is 5. The fourth-order valence-electron chi connectivity index (χ4n) is 5.73. The number of piperazine rings is 2. The lowest BCUT2D eigenvalue weighted by atomic mass is 10.2. The number of carbonyl (C=O) groups is 3. The molecule has 0 bridgehead atoms. The van der Waals surface area contributed by atoms with E-state index in [0.29, 0.717) is 56.5 Å². The van der Waals surface area contributed by atoms with Gasteiger partial charge in [0.05, 0.1) is 0 Å². The molecule has 3 amide bonds. The van der Waals surface area contributed by atoms with Crippen LogP contribution in [0.15, 0.2) is 72.8 Å². The average Bonchev–Trinajstić information content (AvgIpc) is 3.16. The van der Waals surface area contributed by atoms with Crippen LogP contribution in [0.5, 0.6) is 17.2 Å². The summed E-state index contributed by atoms with van der Waals surface area (Å²) in [6.45, 7) is 15.8. The summed E-state index contributed by atoms with van der Waals surface area (Å²) < 4.78 is 18.9. The number of anilines is 3. The lowest BCUT2D eigenvalue weighted by molar-refractivity contribution is -0.129. The summed E-state index contributed by atoms with van der Waals surface area (Å²) in [4.78, 5) is 43.9. The third-order valence-corrected chi connectivity index (χ3v) is 9.52. The second-order valence-electron chi connectivity index (χ2n) is 11.7. The zero-order valence-electron chi connectivity index (χ0n) is 29.7. The van der Waals surface area contributed by atoms with E-state index < -0.39 is 8.60 Å². The standard InChI is InChI=1S/C35H45N6O6P.C2H6/c1-3-17-39(18-16-36-27-42)30-4-10-33(11-5-30)45-48(46-34-12-6-31(7-13-34)40-21-19-37(28-43)20-22-40)47-35-14-8-32(9-15-35)41-25-23-38(24-26-41)29(2)44;1-2/h4-15,27-28H,3,16-26H2,1-2H3,(H,36,42);1-2H3. The predicted octanol–water partition coefficient (Wildman–Crippen LogP) is 5.39. The van der Waals surface area contributed by atoms with Crippen LogP contribution in [0.4, 0.5) is 17.1 Å². The highest BCUT2D eigenvalue weighted by atomic mass is 31.2. The molecule has 2 aliphatic rings. The number of benzene rings is 3. The van der Waals surface area contributed by atoms with Gasteiger partial charge in [0.15, 0.2) is 0 Å². The SMILES string of the molecule is CC.CCCN(CCNC=O)c1ccc(OP(Oc2ccc(N3CCN(C=O)CC3)cc2)Oc2ccc(N3CCN(C(C)=O)CC3)cc2)cc1. The van der Waals surface area contributed by atoms with E-state index in [1.54, 1.807) is 11.8 Å². The molecule has 3 aromatic carbocycles. The van der Waals surface area contributed by atoms with E-state index in [2.05, 4.69) is 26.9 Å². The molecule has 2 aliphatic heterocycles. The van der Waals surface area contributed by atoms with Gasteiger partial charge in [-0.25, -0.2) is 0 Å². The Balaban J connectivity index is 0.00000276. The van der Waals surface area contributed by atoms with Crippen LogP contribution in [0.25, 0.3) is 0 Å². The fourth-order valence-corrected chi connectivity index (χ4v) is 6.72. The van der Waals surface area contributed by atoms with E-state index in [0.717, 1.165) is 69.0 Å². The van der Waals surface area contributed by atoms with E-state index >= 15 is 0 Å². The molecule has 2 heterocycles. The Kier molecular flexibility index (Phi) is 15.3. The van der Waals surface area contributed by atoms with Crippen molar-refractivity contribution in [2.45, 2.75) is 34.1 Å². The van der Waals surface area contributed by atoms with Crippen LogP contribution in [0.3, 0.4) is 0 Å². The third kappa shape index (κ3) is 11.2. The van der Waals surface area contributed by atoms with Crippen LogP contribution in [0, 0.1) is 0 Å². The molecule has 0 spiro atoms. The van der Waals surface area contributed by atoms with E-state index in [1.165, 1.54) is 0 Å². The highest BCUT2D eigenvalue weighted by Gasteiger charge is 2.23. The fraction of sp³-hybridized carbons (Fsp3) is 0.432. The maximum atomic E-state index is 11.7. The summed E-state index contributed by atoms with van der Waals surface area (Å²) in [7, 11) is -1.88. The quantitative estimate of drug-likeness (QED) is 0.119. The highest BCUT2D eigenvalue weighted by molar-refractivity contribution is 7.43. The molecule has 13 heteroatoms. The summed E-state index contributed by atoms with van der Waals surface area (Å²) in [5.74, 6) is 1.95. The minimum atomic E-state index is -1.88. The normalized spacial score (nSPS) is 14.9. The molecule has 1 atom stereocenters. The predicted molar refractivity (Wildman–Crippen MR) is 200 cm³/mol. The Morgan fingerprint density at radius 2 is 1.18 bits per heavy atom. The monoisotopic (exact) mass is 706 g/mol. The van der Waals surface area contributed by atoms with Crippen molar-refractivity contribution in [3.63, 3.8) is 0 Å². The maximum absolute atomic E-state index is 11.7. The molecule has 0 aromatic heterocycles. The Morgan fingerprint density at radius 1 is 0.720 bits per heavy atom. The van der Waals surface area contributed by atoms with E-state index in [4.69, 9.17) is 13.6 Å². The molecule has 270 valence electrons. The van der Waals surface area contributed by atoms with E-state index in [1.807, 2.05) is 91.5 Å². The van der Waals surface area contributed by atoms with Crippen molar-refractivity contribution in [3.05, 3.63) is 72.8 Å². The first-order chi connectivity index (χ1) is 24.4. The number of hydrogen-bond acceptors (Lipinski definition) is 9. The molecular formula is C37H51N6O6P. The second kappa shape index (κ2) is 20.1. The van der Waals surface area contributed by atoms with Crippen molar-refractivity contribution in [2.75, 3.05) is 86.7 Å². The van der Waals surface area contributed by atoms with Gasteiger partial charge < -0.3 is 43.4 Å². The van der Waals surface area contributed by atoms with Crippen molar-refractivity contribution in [1.29, 1.82) is 0 Å². The molecule has 2 fully saturated rings. The zero-order valence-corrected chi connectivity index (χ0v) is 30.6. The molecule has 2 saturated heterocycles. The van der Waals surface area contributed by atoms with Gasteiger partial charge in [0.2, 0.25) is 18.7 Å². The first kappa shape index (κ1) is 38.1. The minimum Gasteiger partial charge on any atom is -0.409 e. The highest BCUT2D eigenvalue weighted by Crippen LogP contribution is 2.43. The first-order valence-corrected chi connectivity index (χ1v) is 18.6. The minimum absolute atomic E-state index is 0.110. The Labute approximate surface area is 297 Å². The van der Waals surface area contributed by atoms with Crippen LogP contribution in [-0.2, 0) is 14.4 Å². The number of rotatable bonds is 16. The van der Waals surface area contributed by atoms with Gasteiger partial charge in [0, 0.05) is 96.0 Å².